The van der Waals surface area contributed by atoms with Gasteiger partial charge in [-0.1, -0.05) is 51.3 Å². The highest BCUT2D eigenvalue weighted by molar-refractivity contribution is 8.76. The lowest BCUT2D eigenvalue weighted by Crippen LogP contribution is -2.56. The van der Waals surface area contributed by atoms with Gasteiger partial charge >= 0.3 is 17.9 Å². The molecule has 3 rings (SSSR count). The third kappa shape index (κ3) is 16.1. The number of carbonyl (C=O) groups is 7. The summed E-state index contributed by atoms with van der Waals surface area (Å²) in [5.41, 5.74) is 7.17. The minimum absolute atomic E-state index is 0.0477. The molecule has 0 bridgehead atoms. The number of nitrogens with two attached hydrogens (primary N) is 1. The van der Waals surface area contributed by atoms with Crippen LogP contribution in [0, 0.1) is 11.8 Å². The lowest BCUT2D eigenvalue weighted by atomic mass is 10.1. The van der Waals surface area contributed by atoms with Crippen molar-refractivity contribution in [2.24, 2.45) is 0 Å². The zero-order chi connectivity index (χ0) is 42.9. The van der Waals surface area contributed by atoms with Crippen molar-refractivity contribution in [3.63, 3.8) is 0 Å². The second-order valence-corrected chi connectivity index (χ2v) is 21.0. The predicted octanol–water partition coefficient (Wildman–Crippen LogP) is 0.183. The van der Waals surface area contributed by atoms with Gasteiger partial charge in [0.2, 0.25) is 23.6 Å². The lowest BCUT2D eigenvalue weighted by Gasteiger charge is -2.23. The molecule has 21 nitrogen and oxygen atoms in total. The highest BCUT2D eigenvalue weighted by atomic mass is 33.1. The van der Waals surface area contributed by atoms with Gasteiger partial charge < -0.3 is 61.3 Å². The molecule has 0 saturated carbocycles. The first kappa shape index (κ1) is 48.5. The van der Waals surface area contributed by atoms with Gasteiger partial charge in [0.1, 0.15) is 48.2 Å². The number of nitrogens with zero attached hydrogens (tertiary/aromatic N) is 3. The van der Waals surface area contributed by atoms with Crippen LogP contribution in [0.25, 0.3) is 11.0 Å². The maximum Gasteiger partial charge on any atom is 0.326 e. The fourth-order valence-electron chi connectivity index (χ4n) is 5.40. The molecule has 8 atom stereocenters. The van der Waals surface area contributed by atoms with Gasteiger partial charge in [0.15, 0.2) is 0 Å². The van der Waals surface area contributed by atoms with Gasteiger partial charge in [0.25, 0.3) is 0 Å². The zero-order valence-corrected chi connectivity index (χ0v) is 35.8. The molecule has 2 aromatic heterocycles. The molecule has 0 aromatic carbocycles. The predicted molar refractivity (Wildman–Crippen MR) is 221 cm³/mol. The summed E-state index contributed by atoms with van der Waals surface area (Å²) in [7, 11) is 7.13. The first-order valence-electron chi connectivity index (χ1n) is 17.4. The normalized spacial score (nSPS) is 17.7. The van der Waals surface area contributed by atoms with E-state index >= 15 is 0 Å². The Bertz CT molecular complexity index is 1880. The van der Waals surface area contributed by atoms with Gasteiger partial charge in [-0.15, -0.1) is 0 Å². The number of carboxylic acids is 3. The summed E-state index contributed by atoms with van der Waals surface area (Å²) in [6.07, 6.45) is 0.280. The van der Waals surface area contributed by atoms with E-state index in [1.54, 1.807) is 10.8 Å². The van der Waals surface area contributed by atoms with E-state index in [1.807, 2.05) is 5.32 Å². The van der Waals surface area contributed by atoms with Crippen molar-refractivity contribution in [3.05, 3.63) is 18.1 Å². The second-order valence-electron chi connectivity index (χ2n) is 12.5. The number of aliphatic hydroxyl groups is 1. The van der Waals surface area contributed by atoms with Crippen molar-refractivity contribution in [1.29, 1.82) is 0 Å². The van der Waals surface area contributed by atoms with Crippen molar-refractivity contribution in [1.82, 2.24) is 35.8 Å². The number of hydrogen-bond acceptors (Lipinski definition) is 15. The van der Waals surface area contributed by atoms with Crippen LogP contribution in [0.2, 0.25) is 0 Å². The molecular weight excluding hydrogens is 861 g/mol. The van der Waals surface area contributed by atoms with Gasteiger partial charge in [-0.3, -0.25) is 28.8 Å². The smallest absolute Gasteiger partial charge is 0.326 e. The SMILES string of the molecule is CC(=O)NC(CCCSSCCC(=O)NCC#Cc1cn(C2CC(O)C(COP(P)P)O2)c2ncnc(N)c12)C(=O)NC(CC(=O)O)C(=O)NC(CC(=O)O)C(=O)O. The van der Waals surface area contributed by atoms with Crippen LogP contribution in [0.15, 0.2) is 12.5 Å². The van der Waals surface area contributed by atoms with Crippen LogP contribution in [0.4, 0.5) is 5.82 Å². The van der Waals surface area contributed by atoms with E-state index in [1.165, 1.54) is 27.9 Å². The van der Waals surface area contributed by atoms with Crippen LogP contribution < -0.4 is 27.0 Å². The Hall–Kier alpha value is -3.86. The number of hydrogen-bond donors (Lipinski definition) is 9. The molecule has 0 spiro atoms. The van der Waals surface area contributed by atoms with E-state index in [0.717, 1.165) is 6.92 Å². The van der Waals surface area contributed by atoms with Crippen LogP contribution in [0.5, 0.6) is 0 Å². The number of amides is 4. The van der Waals surface area contributed by atoms with Crippen molar-refractivity contribution < 1.29 is 63.2 Å². The molecule has 1 aliphatic heterocycles. The minimum atomic E-state index is -1.88. The Morgan fingerprint density at radius 2 is 1.67 bits per heavy atom. The summed E-state index contributed by atoms with van der Waals surface area (Å²) in [4.78, 5) is 92.0. The second kappa shape index (κ2) is 24.3. The number of fused-ring (bicyclic) bond motifs is 1. The summed E-state index contributed by atoms with van der Waals surface area (Å²) in [5, 5.41) is 47.7. The van der Waals surface area contributed by atoms with E-state index in [9.17, 15) is 48.9 Å². The quantitative estimate of drug-likeness (QED) is 0.0311. The minimum Gasteiger partial charge on any atom is -0.481 e. The van der Waals surface area contributed by atoms with Crippen molar-refractivity contribution in [2.45, 2.75) is 82.0 Å². The van der Waals surface area contributed by atoms with E-state index in [-0.39, 0.29) is 37.7 Å². The topological polar surface area (TPSA) is 324 Å². The maximum absolute atomic E-state index is 13.0. The van der Waals surface area contributed by atoms with E-state index < -0.39 is 92.6 Å². The number of nitrogen functional groups attached to an aromatic ring is 1. The van der Waals surface area contributed by atoms with Gasteiger partial charge in [-0.2, -0.15) is 0 Å². The fourth-order valence-corrected chi connectivity index (χ4v) is 8.34. The van der Waals surface area contributed by atoms with Crippen LogP contribution in [-0.2, 0) is 42.8 Å². The number of aliphatic hydroxyl groups excluding tert-OH is 1. The Morgan fingerprint density at radius 1 is 1.02 bits per heavy atom. The molecule has 0 radical (unpaired) electrons. The van der Waals surface area contributed by atoms with E-state index in [2.05, 4.69) is 55.6 Å². The summed E-state index contributed by atoms with van der Waals surface area (Å²) in [6.45, 7) is 1.43. The Morgan fingerprint density at radius 3 is 2.33 bits per heavy atom. The summed E-state index contributed by atoms with van der Waals surface area (Å²) < 4.78 is 13.4. The summed E-state index contributed by atoms with van der Waals surface area (Å²) >= 11 is 0. The van der Waals surface area contributed by atoms with Gasteiger partial charge in [0.05, 0.1) is 50.6 Å². The molecule has 0 aliphatic carbocycles. The molecule has 8 unspecified atom stereocenters. The fraction of sp³-hybridized carbons (Fsp3) is 0.531. The highest BCUT2D eigenvalue weighted by Crippen LogP contribution is 2.54. The van der Waals surface area contributed by atoms with Crippen molar-refractivity contribution in [2.75, 3.05) is 30.4 Å². The maximum atomic E-state index is 13.0. The third-order valence-electron chi connectivity index (χ3n) is 8.05. The lowest BCUT2D eigenvalue weighted by molar-refractivity contribution is -0.148. The van der Waals surface area contributed by atoms with E-state index in [4.69, 9.17) is 20.1 Å². The third-order valence-corrected chi connectivity index (χ3v) is 11.9. The zero-order valence-electron chi connectivity index (χ0n) is 31.0. The molecule has 58 heavy (non-hydrogen) atoms. The van der Waals surface area contributed by atoms with E-state index in [0.29, 0.717) is 40.9 Å². The van der Waals surface area contributed by atoms with Crippen LogP contribution in [0.3, 0.4) is 0 Å². The molecule has 1 fully saturated rings. The Labute approximate surface area is 345 Å². The Kier molecular flexibility index (Phi) is 20.3. The van der Waals surface area contributed by atoms with Crippen molar-refractivity contribution >= 4 is 105 Å². The number of ether oxygens (including phenoxy) is 1. The highest BCUT2D eigenvalue weighted by Gasteiger charge is 2.37. The van der Waals surface area contributed by atoms with Crippen molar-refractivity contribution in [3.8, 4) is 11.8 Å². The average Bonchev–Trinajstić information content (AvgIpc) is 3.70. The van der Waals surface area contributed by atoms with Crippen LogP contribution >= 0.6 is 47.0 Å². The number of carbonyl (C=O) groups excluding carboxylic acids is 4. The first-order valence-corrected chi connectivity index (χ1v) is 24.4. The number of aliphatic carboxylic acids is 3. The molecule has 26 heteroatoms. The molecule has 1 aliphatic rings. The average molecular weight is 907 g/mol. The number of aromatic nitrogens is 3. The molecule has 10 N–H and O–H groups in total. The van der Waals surface area contributed by atoms with Gasteiger partial charge in [0, 0.05) is 37.5 Å². The standard InChI is InChI=1S/C32H45N8O13P3S2/c1-16(41)37-18(30(48)38-19(10-25(44)45)31(49)39-20(32(50)51)11-26(46)47)5-3-8-57-58-9-6-23(43)34-7-2-4-17-13-40(29-27(17)28(33)35-15-36-29)24-12-21(42)22(53-24)14-52-56(54)55/h13,15,18-22,24,42H,3,5-12,14,54-55H2,1H3,(H,34,43)(H,37,41)(H,38,48)(H,39,49)(H,44,45)(H,46,47)(H,50,51)(H2,33,35,36). The molecule has 1 saturated heterocycles. The summed E-state index contributed by atoms with van der Waals surface area (Å²) in [5.74, 6) is -0.568. The Balaban J connectivity index is 1.45. The number of carboxylic acid groups (broad SMARTS) is 3. The molecule has 4 amide bonds. The number of anilines is 1. The first-order chi connectivity index (χ1) is 27.5. The molecule has 318 valence electrons. The molecule has 2 aromatic rings. The van der Waals surface area contributed by atoms with Crippen LogP contribution in [0.1, 0.15) is 57.2 Å². The monoisotopic (exact) mass is 906 g/mol. The molecular formula is C32H45N8O13P3S2. The van der Waals surface area contributed by atoms with Crippen LogP contribution in [-0.4, -0.2) is 131 Å². The number of rotatable bonds is 23. The van der Waals surface area contributed by atoms with Gasteiger partial charge in [-0.25, -0.2) is 14.8 Å². The molecule has 3 heterocycles. The summed E-state index contributed by atoms with van der Waals surface area (Å²) in [6, 6.07) is -4.80. The number of nitrogens with one attached hydrogen (secondary N) is 4. The van der Waals surface area contributed by atoms with Gasteiger partial charge in [-0.05, 0) is 12.8 Å². The largest absolute Gasteiger partial charge is 0.481 e.